The van der Waals surface area contributed by atoms with Crippen molar-refractivity contribution < 1.29 is 9.00 Å². The van der Waals surface area contributed by atoms with Gasteiger partial charge in [-0.05, 0) is 68.8 Å². The van der Waals surface area contributed by atoms with Crippen LogP contribution in [0.2, 0.25) is 5.02 Å². The second kappa shape index (κ2) is 12.1. The molecule has 1 unspecified atom stereocenters. The smallest absolute Gasteiger partial charge is 0.256 e. The van der Waals surface area contributed by atoms with Crippen LogP contribution < -0.4 is 16.0 Å². The first kappa shape index (κ1) is 28.5. The summed E-state index contributed by atoms with van der Waals surface area (Å²) in [5, 5.41) is 9.33. The summed E-state index contributed by atoms with van der Waals surface area (Å²) in [5.41, 5.74) is 3.73. The molecule has 206 valence electrons. The summed E-state index contributed by atoms with van der Waals surface area (Å²) in [4.78, 5) is 28.4. The van der Waals surface area contributed by atoms with E-state index in [1.165, 1.54) is 29.8 Å². The molecule has 1 amide bonds. The summed E-state index contributed by atoms with van der Waals surface area (Å²) in [6, 6.07) is 10.0. The van der Waals surface area contributed by atoms with Crippen LogP contribution in [-0.4, -0.2) is 69.2 Å². The van der Waals surface area contributed by atoms with E-state index in [-0.39, 0.29) is 34.7 Å². The molecule has 1 atom stereocenters. The van der Waals surface area contributed by atoms with Crippen molar-refractivity contribution in [1.29, 1.82) is 0 Å². The Morgan fingerprint density at radius 3 is 2.72 bits per heavy atom. The summed E-state index contributed by atoms with van der Waals surface area (Å²) >= 11 is 6.21. The average molecular weight is 569 g/mol. The summed E-state index contributed by atoms with van der Waals surface area (Å²) in [7, 11) is 1.76. The number of amides is 1. The number of benzene rings is 1. The molecule has 0 saturated carbocycles. The van der Waals surface area contributed by atoms with Crippen molar-refractivity contribution in [3.8, 4) is 0 Å². The third-order valence-corrected chi connectivity index (χ3v) is 7.12. The molecule has 0 spiro atoms. The first-order valence-corrected chi connectivity index (χ1v) is 15.2. The second-order valence-electron chi connectivity index (χ2n) is 9.82. The third-order valence-electron chi connectivity index (χ3n) is 6.22. The number of fused-ring (bicyclic) bond motifs is 1. The standard InChI is InChI=1S/C27H33ClN8O2S/c1-6-13-29-26(37)21-16-30-27(31-19-9-7-18-15-20(36(2)3)10-8-17(18)14-19)34-24(21)32-23-12-11-22(28)25(33-23)35-39(4,5)38/h6-7,9,11-12,14,16,20H,1,8,10,13,15H2,2-5H3,(H,29,37)(H2,30,31,32,33,34). The maximum Gasteiger partial charge on any atom is 0.256 e. The molecule has 0 radical (unpaired) electrons. The van der Waals surface area contributed by atoms with Crippen molar-refractivity contribution in [2.75, 3.05) is 43.8 Å². The fourth-order valence-electron chi connectivity index (χ4n) is 4.24. The van der Waals surface area contributed by atoms with Crippen LogP contribution in [0.5, 0.6) is 0 Å². The maximum absolute atomic E-state index is 12.8. The predicted molar refractivity (Wildman–Crippen MR) is 158 cm³/mol. The van der Waals surface area contributed by atoms with Crippen LogP contribution in [0.1, 0.15) is 27.9 Å². The Balaban J connectivity index is 1.64. The van der Waals surface area contributed by atoms with Gasteiger partial charge in [0.25, 0.3) is 5.91 Å². The third kappa shape index (κ3) is 7.53. The van der Waals surface area contributed by atoms with E-state index in [0.29, 0.717) is 17.8 Å². The van der Waals surface area contributed by atoms with E-state index < -0.39 is 9.73 Å². The van der Waals surface area contributed by atoms with Gasteiger partial charge in [0.15, 0.2) is 5.82 Å². The zero-order valence-electron chi connectivity index (χ0n) is 22.5. The number of hydrogen-bond donors (Lipinski definition) is 3. The highest BCUT2D eigenvalue weighted by molar-refractivity contribution is 7.92. The molecule has 12 heteroatoms. The quantitative estimate of drug-likeness (QED) is 0.317. The van der Waals surface area contributed by atoms with Crippen LogP contribution in [0.25, 0.3) is 0 Å². The molecule has 3 N–H and O–H groups in total. The van der Waals surface area contributed by atoms with Crippen LogP contribution in [0.15, 0.2) is 53.5 Å². The lowest BCUT2D eigenvalue weighted by Crippen LogP contribution is -2.33. The van der Waals surface area contributed by atoms with Crippen LogP contribution >= 0.6 is 11.6 Å². The molecule has 1 aliphatic rings. The number of carbonyl (C=O) groups excluding carboxylic acids is 1. The Bertz CT molecular complexity index is 1510. The molecule has 1 aromatic carbocycles. The van der Waals surface area contributed by atoms with E-state index in [9.17, 15) is 9.00 Å². The maximum atomic E-state index is 12.8. The number of nitrogens with zero attached hydrogens (tertiary/aromatic N) is 5. The van der Waals surface area contributed by atoms with Crippen molar-refractivity contribution in [1.82, 2.24) is 25.2 Å². The van der Waals surface area contributed by atoms with E-state index in [1.54, 1.807) is 18.2 Å². The molecule has 0 fully saturated rings. The first-order valence-electron chi connectivity index (χ1n) is 12.4. The van der Waals surface area contributed by atoms with Gasteiger partial charge in [-0.15, -0.1) is 6.58 Å². The summed E-state index contributed by atoms with van der Waals surface area (Å²) in [5.74, 6) is 0.622. The summed E-state index contributed by atoms with van der Waals surface area (Å²) in [6.45, 7) is 3.92. The van der Waals surface area contributed by atoms with Crippen molar-refractivity contribution in [2.45, 2.75) is 25.3 Å². The monoisotopic (exact) mass is 568 g/mol. The van der Waals surface area contributed by atoms with Crippen molar-refractivity contribution in [3.63, 3.8) is 0 Å². The Kier molecular flexibility index (Phi) is 8.83. The first-order chi connectivity index (χ1) is 18.5. The summed E-state index contributed by atoms with van der Waals surface area (Å²) < 4.78 is 16.3. The van der Waals surface area contributed by atoms with Gasteiger partial charge in [-0.1, -0.05) is 23.7 Å². The van der Waals surface area contributed by atoms with E-state index >= 15 is 0 Å². The lowest BCUT2D eigenvalue weighted by Gasteiger charge is -2.30. The largest absolute Gasteiger partial charge is 0.348 e. The van der Waals surface area contributed by atoms with E-state index in [2.05, 4.69) is 73.0 Å². The van der Waals surface area contributed by atoms with E-state index in [0.717, 1.165) is 24.9 Å². The van der Waals surface area contributed by atoms with Crippen molar-refractivity contribution in [3.05, 3.63) is 70.9 Å². The van der Waals surface area contributed by atoms with Crippen molar-refractivity contribution in [2.24, 2.45) is 4.36 Å². The van der Waals surface area contributed by atoms with Crippen LogP contribution in [0, 0.1) is 0 Å². The predicted octanol–water partition coefficient (Wildman–Crippen LogP) is 4.71. The zero-order valence-corrected chi connectivity index (χ0v) is 24.1. The van der Waals surface area contributed by atoms with E-state index in [1.807, 2.05) is 6.07 Å². The molecule has 1 aliphatic carbocycles. The summed E-state index contributed by atoms with van der Waals surface area (Å²) in [6.07, 6.45) is 9.16. The number of aromatic nitrogens is 3. The lowest BCUT2D eigenvalue weighted by molar-refractivity contribution is 0.0958. The van der Waals surface area contributed by atoms with Gasteiger partial charge in [-0.25, -0.2) is 14.2 Å². The second-order valence-corrected chi connectivity index (χ2v) is 12.8. The molecule has 3 aromatic rings. The van der Waals surface area contributed by atoms with Gasteiger partial charge in [-0.2, -0.15) is 9.35 Å². The molecular weight excluding hydrogens is 536 g/mol. The molecule has 4 rings (SSSR count). The number of pyridine rings is 1. The van der Waals surface area contributed by atoms with Crippen LogP contribution in [0.3, 0.4) is 0 Å². The molecular formula is C27H33ClN8O2S. The fourth-order valence-corrected chi connectivity index (χ4v) is 4.99. The average Bonchev–Trinajstić information content (AvgIpc) is 2.88. The molecule has 0 aliphatic heterocycles. The molecule has 0 bridgehead atoms. The van der Waals surface area contributed by atoms with Gasteiger partial charge in [0.1, 0.15) is 17.2 Å². The normalized spacial score (nSPS) is 14.9. The van der Waals surface area contributed by atoms with Gasteiger partial charge in [-0.3, -0.25) is 4.79 Å². The van der Waals surface area contributed by atoms with Crippen molar-refractivity contribution >= 4 is 56.3 Å². The molecule has 0 saturated heterocycles. The molecule has 2 aromatic heterocycles. The minimum Gasteiger partial charge on any atom is -0.348 e. The number of hydrogen-bond acceptors (Lipinski definition) is 9. The van der Waals surface area contributed by atoms with Gasteiger partial charge < -0.3 is 20.9 Å². The van der Waals surface area contributed by atoms with Gasteiger partial charge >= 0.3 is 0 Å². The molecule has 39 heavy (non-hydrogen) atoms. The number of halogens is 1. The Labute approximate surface area is 234 Å². The van der Waals surface area contributed by atoms with Gasteiger partial charge in [0.05, 0.1) is 5.02 Å². The minimum atomic E-state index is -2.49. The number of anilines is 4. The number of nitrogens with one attached hydrogen (secondary N) is 3. The molecule has 10 nitrogen and oxygen atoms in total. The van der Waals surface area contributed by atoms with E-state index in [4.69, 9.17) is 11.6 Å². The topological polar surface area (TPSA) is 125 Å². The minimum absolute atomic E-state index is 0.132. The van der Waals surface area contributed by atoms with Gasteiger partial charge in [0.2, 0.25) is 5.95 Å². The zero-order chi connectivity index (χ0) is 28.2. The Morgan fingerprint density at radius 1 is 1.21 bits per heavy atom. The fraction of sp³-hybridized carbons (Fsp3) is 0.333. The lowest BCUT2D eigenvalue weighted by atomic mass is 9.87. The molecule has 2 heterocycles. The van der Waals surface area contributed by atoms with Crippen LogP contribution in [0.4, 0.5) is 29.1 Å². The highest BCUT2D eigenvalue weighted by atomic mass is 35.5. The number of carbonyl (C=O) groups is 1. The SMILES string of the molecule is C=CCNC(=O)c1cnc(Nc2ccc3c(c2)CCC(N(C)C)C3)nc1Nc1ccc(Cl)c(N=S(C)(C)=O)n1. The highest BCUT2D eigenvalue weighted by Crippen LogP contribution is 2.29. The Morgan fingerprint density at radius 2 is 2.00 bits per heavy atom. The number of aryl methyl sites for hydroxylation is 1. The van der Waals surface area contributed by atoms with Crippen LogP contribution in [-0.2, 0) is 22.6 Å². The van der Waals surface area contributed by atoms with Gasteiger partial charge in [0, 0.05) is 46.7 Å². The highest BCUT2D eigenvalue weighted by Gasteiger charge is 2.21. The number of likely N-dealkylation sites (N-methyl/N-ethyl adjacent to an activating group) is 1. The Hall–Kier alpha value is -3.54. The number of rotatable bonds is 9.